The molecule has 1 aliphatic carbocycles. The summed E-state index contributed by atoms with van der Waals surface area (Å²) in [5.41, 5.74) is 3.04. The Morgan fingerprint density at radius 3 is 2.22 bits per heavy atom. The molecule has 96 valence electrons. The lowest BCUT2D eigenvalue weighted by atomic mass is 9.92. The van der Waals surface area contributed by atoms with E-state index in [1.807, 2.05) is 19.9 Å². The number of rotatable bonds is 1. The maximum atomic E-state index is 10.3. The van der Waals surface area contributed by atoms with E-state index in [2.05, 4.69) is 0 Å². The third-order valence-corrected chi connectivity index (χ3v) is 3.42. The highest BCUT2D eigenvalue weighted by Gasteiger charge is 2.21. The zero-order chi connectivity index (χ0) is 13.3. The number of hydrogen-bond donors (Lipinski definition) is 2. The van der Waals surface area contributed by atoms with Crippen LogP contribution >= 0.6 is 0 Å². The molecule has 0 heterocycles. The van der Waals surface area contributed by atoms with E-state index in [0.29, 0.717) is 16.9 Å². The van der Waals surface area contributed by atoms with Crippen LogP contribution in [0.2, 0.25) is 0 Å². The average Bonchev–Trinajstić information content (AvgIpc) is 2.40. The Balaban J connectivity index is 2.79. The van der Waals surface area contributed by atoms with Gasteiger partial charge in [0.15, 0.2) is 0 Å². The van der Waals surface area contributed by atoms with E-state index in [-0.39, 0.29) is 11.5 Å². The smallest absolute Gasteiger partial charge is 0.130 e. The van der Waals surface area contributed by atoms with Crippen LogP contribution in [0.5, 0.6) is 5.75 Å². The van der Waals surface area contributed by atoms with Gasteiger partial charge in [-0.05, 0) is 43.9 Å². The quantitative estimate of drug-likeness (QED) is 0.785. The summed E-state index contributed by atoms with van der Waals surface area (Å²) >= 11 is 0. The number of hydrogen-bond acceptors (Lipinski definition) is 3. The molecular formula is C15H18O3. The molecule has 0 unspecified atom stereocenters. The number of allylic oxidation sites excluding steroid dienone is 2. The van der Waals surface area contributed by atoms with Crippen molar-refractivity contribution >= 4 is 11.5 Å². The van der Waals surface area contributed by atoms with Crippen LogP contribution in [0, 0.1) is 0 Å². The predicted molar refractivity (Wildman–Crippen MR) is 72.7 cm³/mol. The molecule has 1 aromatic rings. The van der Waals surface area contributed by atoms with E-state index >= 15 is 0 Å². The minimum absolute atomic E-state index is 0.210. The molecule has 18 heavy (non-hydrogen) atoms. The Hall–Kier alpha value is -1.90. The van der Waals surface area contributed by atoms with Crippen LogP contribution in [0.4, 0.5) is 0 Å². The first-order valence-electron chi connectivity index (χ1n) is 6.01. The molecule has 0 fully saturated rings. The normalized spacial score (nSPS) is 24.2. The first-order valence-corrected chi connectivity index (χ1v) is 6.01. The van der Waals surface area contributed by atoms with Gasteiger partial charge in [-0.3, -0.25) is 0 Å². The van der Waals surface area contributed by atoms with E-state index in [1.54, 1.807) is 19.2 Å². The third-order valence-electron chi connectivity index (χ3n) is 3.42. The molecule has 3 heteroatoms. The lowest BCUT2D eigenvalue weighted by molar-refractivity contribution is 0.406. The lowest BCUT2D eigenvalue weighted by Gasteiger charge is -2.19. The number of aliphatic hydroxyl groups excluding tert-OH is 2. The van der Waals surface area contributed by atoms with Crippen LogP contribution in [-0.2, 0) is 0 Å². The SMILES string of the molecule is COc1cccc2c1/C(O)=C(/C)CC/C(C)=C\2O. The van der Waals surface area contributed by atoms with Gasteiger partial charge in [-0.15, -0.1) is 0 Å². The van der Waals surface area contributed by atoms with E-state index in [1.165, 1.54) is 0 Å². The summed E-state index contributed by atoms with van der Waals surface area (Å²) < 4.78 is 5.28. The molecule has 0 radical (unpaired) electrons. The van der Waals surface area contributed by atoms with Gasteiger partial charge in [-0.25, -0.2) is 0 Å². The van der Waals surface area contributed by atoms with Crippen molar-refractivity contribution in [1.29, 1.82) is 0 Å². The Morgan fingerprint density at radius 1 is 1.00 bits per heavy atom. The van der Waals surface area contributed by atoms with Gasteiger partial charge >= 0.3 is 0 Å². The summed E-state index contributed by atoms with van der Waals surface area (Å²) in [5.74, 6) is 1.02. The van der Waals surface area contributed by atoms with E-state index in [9.17, 15) is 10.2 Å². The van der Waals surface area contributed by atoms with Crippen LogP contribution in [0.3, 0.4) is 0 Å². The fourth-order valence-corrected chi connectivity index (χ4v) is 2.20. The molecule has 0 amide bonds. The lowest BCUT2D eigenvalue weighted by Crippen LogP contribution is -2.03. The molecule has 0 aliphatic heterocycles. The summed E-state index contributed by atoms with van der Waals surface area (Å²) in [6, 6.07) is 5.39. The predicted octanol–water partition coefficient (Wildman–Crippen LogP) is 4.07. The summed E-state index contributed by atoms with van der Waals surface area (Å²) in [6.45, 7) is 3.81. The molecule has 0 bridgehead atoms. The van der Waals surface area contributed by atoms with Crippen molar-refractivity contribution in [2.75, 3.05) is 7.11 Å². The van der Waals surface area contributed by atoms with E-state index < -0.39 is 0 Å². The van der Waals surface area contributed by atoms with Crippen LogP contribution in [0.25, 0.3) is 11.5 Å². The molecule has 2 N–H and O–H groups in total. The molecule has 1 aliphatic rings. The van der Waals surface area contributed by atoms with Crippen molar-refractivity contribution in [3.8, 4) is 5.75 Å². The van der Waals surface area contributed by atoms with E-state index in [0.717, 1.165) is 24.0 Å². The second kappa shape index (κ2) is 4.77. The van der Waals surface area contributed by atoms with Crippen LogP contribution in [0.15, 0.2) is 29.3 Å². The van der Waals surface area contributed by atoms with Crippen LogP contribution < -0.4 is 4.74 Å². The molecule has 0 spiro atoms. The highest BCUT2D eigenvalue weighted by molar-refractivity contribution is 5.80. The van der Waals surface area contributed by atoms with E-state index in [4.69, 9.17) is 4.74 Å². The first kappa shape index (κ1) is 12.6. The minimum atomic E-state index is 0.210. The van der Waals surface area contributed by atoms with Crippen LogP contribution in [0.1, 0.15) is 37.8 Å². The van der Waals surface area contributed by atoms with Gasteiger partial charge in [0.2, 0.25) is 0 Å². The number of benzene rings is 1. The number of fused-ring (bicyclic) bond motifs is 1. The van der Waals surface area contributed by atoms with Gasteiger partial charge in [-0.1, -0.05) is 12.1 Å². The van der Waals surface area contributed by atoms with Crippen molar-refractivity contribution in [3.05, 3.63) is 40.5 Å². The fraction of sp³-hybridized carbons (Fsp3) is 0.333. The van der Waals surface area contributed by atoms with Gasteiger partial charge in [-0.2, -0.15) is 0 Å². The number of methoxy groups -OCH3 is 1. The Kier molecular flexibility index (Phi) is 3.32. The highest BCUT2D eigenvalue weighted by Crippen LogP contribution is 2.37. The second-order valence-electron chi connectivity index (χ2n) is 4.64. The Bertz CT molecular complexity index is 539. The van der Waals surface area contributed by atoms with Crippen molar-refractivity contribution in [3.63, 3.8) is 0 Å². The molecule has 1 aromatic carbocycles. The Morgan fingerprint density at radius 2 is 1.61 bits per heavy atom. The van der Waals surface area contributed by atoms with Crippen molar-refractivity contribution < 1.29 is 14.9 Å². The first-order chi connectivity index (χ1) is 8.56. The number of ether oxygens (including phenoxy) is 1. The summed E-state index contributed by atoms with van der Waals surface area (Å²) in [7, 11) is 1.56. The molecule has 0 aromatic heterocycles. The summed E-state index contributed by atoms with van der Waals surface area (Å²) in [4.78, 5) is 0. The molecule has 0 saturated heterocycles. The highest BCUT2D eigenvalue weighted by atomic mass is 16.5. The third kappa shape index (κ3) is 1.96. The second-order valence-corrected chi connectivity index (χ2v) is 4.64. The minimum Gasteiger partial charge on any atom is -0.507 e. The zero-order valence-electron chi connectivity index (χ0n) is 10.9. The number of aliphatic hydroxyl groups is 2. The van der Waals surface area contributed by atoms with Crippen molar-refractivity contribution in [2.24, 2.45) is 0 Å². The fourth-order valence-electron chi connectivity index (χ4n) is 2.20. The standard InChI is InChI=1S/C15H18O3/c1-9-7-8-10(2)15(17)13-11(14(9)16)5-4-6-12(13)18-3/h4-6,16-17H,7-8H2,1-3H3/b14-9+,15-10+. The Labute approximate surface area is 107 Å². The largest absolute Gasteiger partial charge is 0.507 e. The average molecular weight is 246 g/mol. The molecule has 2 rings (SSSR count). The molecule has 0 saturated carbocycles. The summed E-state index contributed by atoms with van der Waals surface area (Å²) in [6.07, 6.45) is 1.48. The van der Waals surface area contributed by atoms with Gasteiger partial charge < -0.3 is 14.9 Å². The van der Waals surface area contributed by atoms with Crippen molar-refractivity contribution in [2.45, 2.75) is 26.7 Å². The van der Waals surface area contributed by atoms with Gasteiger partial charge in [0.1, 0.15) is 17.3 Å². The van der Waals surface area contributed by atoms with Gasteiger partial charge in [0, 0.05) is 5.56 Å². The molecular weight excluding hydrogens is 228 g/mol. The summed E-state index contributed by atoms with van der Waals surface area (Å²) in [5, 5.41) is 20.6. The van der Waals surface area contributed by atoms with Gasteiger partial charge in [0.25, 0.3) is 0 Å². The van der Waals surface area contributed by atoms with Crippen LogP contribution in [-0.4, -0.2) is 17.3 Å². The topological polar surface area (TPSA) is 49.7 Å². The van der Waals surface area contributed by atoms with Crippen molar-refractivity contribution in [1.82, 2.24) is 0 Å². The molecule has 0 atom stereocenters. The monoisotopic (exact) mass is 246 g/mol. The molecule has 3 nitrogen and oxygen atoms in total. The maximum absolute atomic E-state index is 10.3. The van der Waals surface area contributed by atoms with Gasteiger partial charge in [0.05, 0.1) is 12.7 Å². The maximum Gasteiger partial charge on any atom is 0.130 e. The zero-order valence-corrected chi connectivity index (χ0v) is 10.9.